The van der Waals surface area contributed by atoms with Crippen molar-refractivity contribution < 1.29 is 4.74 Å². The Bertz CT molecular complexity index is 1470. The van der Waals surface area contributed by atoms with E-state index in [-0.39, 0.29) is 6.10 Å². The van der Waals surface area contributed by atoms with Gasteiger partial charge in [0.25, 0.3) is 0 Å². The predicted octanol–water partition coefficient (Wildman–Crippen LogP) is 4.66. The Morgan fingerprint density at radius 2 is 1.54 bits per heavy atom. The number of benzene rings is 2. The lowest BCUT2D eigenvalue weighted by Crippen LogP contribution is -2.33. The molecule has 1 unspecified atom stereocenters. The fourth-order valence-electron chi connectivity index (χ4n) is 4.60. The molecule has 1 saturated heterocycles. The SMILES string of the molecule is Nc1ncnc2nc(-c3ccc(C4CNCCO4)nc3)c(-c3ccccc3)c(-c3ccccc3)c12. The zero-order valence-corrected chi connectivity index (χ0v) is 19.1. The van der Waals surface area contributed by atoms with Crippen LogP contribution in [0.4, 0.5) is 5.82 Å². The summed E-state index contributed by atoms with van der Waals surface area (Å²) in [7, 11) is 0. The van der Waals surface area contributed by atoms with E-state index in [1.165, 1.54) is 6.33 Å². The number of nitrogen functional groups attached to an aromatic ring is 1. The molecular weight excluding hydrogens is 436 g/mol. The summed E-state index contributed by atoms with van der Waals surface area (Å²) < 4.78 is 5.88. The first kappa shape index (κ1) is 21.3. The highest BCUT2D eigenvalue weighted by Gasteiger charge is 2.23. The fourth-order valence-corrected chi connectivity index (χ4v) is 4.60. The number of nitrogens with zero attached hydrogens (tertiary/aromatic N) is 4. The molecule has 0 amide bonds. The first-order valence-corrected chi connectivity index (χ1v) is 11.6. The Hall–Kier alpha value is -4.20. The van der Waals surface area contributed by atoms with Gasteiger partial charge >= 0.3 is 0 Å². The van der Waals surface area contributed by atoms with E-state index in [4.69, 9.17) is 20.4 Å². The summed E-state index contributed by atoms with van der Waals surface area (Å²) in [6.07, 6.45) is 3.27. The third kappa shape index (κ3) is 4.01. The molecule has 3 aromatic heterocycles. The summed E-state index contributed by atoms with van der Waals surface area (Å²) in [5, 5.41) is 4.10. The quantitative estimate of drug-likeness (QED) is 0.402. The van der Waals surface area contributed by atoms with Gasteiger partial charge in [0.15, 0.2) is 5.65 Å². The van der Waals surface area contributed by atoms with Crippen molar-refractivity contribution in [2.45, 2.75) is 6.10 Å². The molecule has 0 spiro atoms. The van der Waals surface area contributed by atoms with Gasteiger partial charge in [0.1, 0.15) is 18.2 Å². The van der Waals surface area contributed by atoms with Crippen LogP contribution in [0.5, 0.6) is 0 Å². The lowest BCUT2D eigenvalue weighted by molar-refractivity contribution is 0.0250. The van der Waals surface area contributed by atoms with Gasteiger partial charge < -0.3 is 15.8 Å². The number of pyridine rings is 2. The smallest absolute Gasteiger partial charge is 0.165 e. The number of fused-ring (bicyclic) bond motifs is 1. The van der Waals surface area contributed by atoms with Crippen molar-refractivity contribution >= 4 is 16.9 Å². The molecule has 0 radical (unpaired) electrons. The van der Waals surface area contributed by atoms with Crippen LogP contribution < -0.4 is 11.1 Å². The van der Waals surface area contributed by atoms with Crippen LogP contribution in [0.3, 0.4) is 0 Å². The van der Waals surface area contributed by atoms with Gasteiger partial charge in [-0.05, 0) is 23.3 Å². The van der Waals surface area contributed by atoms with Gasteiger partial charge in [-0.15, -0.1) is 0 Å². The highest BCUT2D eigenvalue weighted by molar-refractivity contribution is 6.09. The molecule has 0 aliphatic carbocycles. The molecule has 1 fully saturated rings. The lowest BCUT2D eigenvalue weighted by Gasteiger charge is -2.23. The summed E-state index contributed by atoms with van der Waals surface area (Å²) in [6, 6.07) is 24.5. The first-order chi connectivity index (χ1) is 17.3. The van der Waals surface area contributed by atoms with Crippen LogP contribution in [0.15, 0.2) is 85.3 Å². The molecule has 1 aliphatic heterocycles. The van der Waals surface area contributed by atoms with Crippen LogP contribution in [0, 0.1) is 0 Å². The van der Waals surface area contributed by atoms with Gasteiger partial charge in [0, 0.05) is 36.0 Å². The molecule has 2 aromatic carbocycles. The predicted molar refractivity (Wildman–Crippen MR) is 137 cm³/mol. The second kappa shape index (κ2) is 9.21. The van der Waals surface area contributed by atoms with Crippen molar-refractivity contribution in [2.75, 3.05) is 25.4 Å². The molecule has 172 valence electrons. The average Bonchev–Trinajstić information content (AvgIpc) is 2.94. The Morgan fingerprint density at radius 3 is 2.20 bits per heavy atom. The number of rotatable bonds is 4. The van der Waals surface area contributed by atoms with Crippen molar-refractivity contribution in [3.63, 3.8) is 0 Å². The molecule has 0 saturated carbocycles. The van der Waals surface area contributed by atoms with Crippen LogP contribution in [0.1, 0.15) is 11.8 Å². The van der Waals surface area contributed by atoms with E-state index in [1.807, 2.05) is 48.7 Å². The van der Waals surface area contributed by atoms with Gasteiger partial charge in [0.05, 0.1) is 23.4 Å². The summed E-state index contributed by atoms with van der Waals surface area (Å²) in [6.45, 7) is 2.30. The maximum absolute atomic E-state index is 6.41. The highest BCUT2D eigenvalue weighted by atomic mass is 16.5. The standard InChI is InChI=1S/C28H24N6O/c29-27-25-23(18-7-3-1-4-8-18)24(19-9-5-2-6-10-19)26(34-28(25)33-17-32-27)20-11-12-21(31-15-20)22-16-30-13-14-35-22/h1-12,15,17,22,30H,13-14,16H2,(H2,29,32,33,34). The van der Waals surface area contributed by atoms with E-state index in [2.05, 4.69) is 45.6 Å². The monoisotopic (exact) mass is 460 g/mol. The number of morpholine rings is 1. The van der Waals surface area contributed by atoms with Crippen molar-refractivity contribution in [3.05, 3.63) is 91.0 Å². The largest absolute Gasteiger partial charge is 0.383 e. The van der Waals surface area contributed by atoms with Crippen molar-refractivity contribution in [2.24, 2.45) is 0 Å². The van der Waals surface area contributed by atoms with E-state index in [1.54, 1.807) is 0 Å². The summed E-state index contributed by atoms with van der Waals surface area (Å²) in [5.74, 6) is 0.403. The lowest BCUT2D eigenvalue weighted by atomic mass is 9.89. The number of aromatic nitrogens is 4. The molecule has 1 aliphatic rings. The zero-order valence-electron chi connectivity index (χ0n) is 19.1. The van der Waals surface area contributed by atoms with Crippen molar-refractivity contribution in [1.82, 2.24) is 25.3 Å². The Labute approximate surface area is 203 Å². The molecule has 0 bridgehead atoms. The first-order valence-electron chi connectivity index (χ1n) is 11.6. The molecule has 1 atom stereocenters. The summed E-state index contributed by atoms with van der Waals surface area (Å²) in [5.41, 5.74) is 13.5. The van der Waals surface area contributed by atoms with Gasteiger partial charge in [-0.1, -0.05) is 60.7 Å². The maximum atomic E-state index is 6.41. The van der Waals surface area contributed by atoms with Crippen LogP contribution in [0.25, 0.3) is 44.5 Å². The number of hydrogen-bond acceptors (Lipinski definition) is 7. The third-order valence-corrected chi connectivity index (χ3v) is 6.25. The Balaban J connectivity index is 1.62. The Kier molecular flexibility index (Phi) is 5.62. The number of ether oxygens (including phenoxy) is 1. The van der Waals surface area contributed by atoms with E-state index in [9.17, 15) is 0 Å². The molecular formula is C28H24N6O. The van der Waals surface area contributed by atoms with E-state index in [0.717, 1.165) is 57.7 Å². The number of hydrogen-bond donors (Lipinski definition) is 2. The minimum absolute atomic E-state index is 0.0524. The average molecular weight is 461 g/mol. The van der Waals surface area contributed by atoms with Gasteiger partial charge in [-0.3, -0.25) is 4.98 Å². The molecule has 5 aromatic rings. The fraction of sp³-hybridized carbons (Fsp3) is 0.143. The summed E-state index contributed by atoms with van der Waals surface area (Å²) >= 11 is 0. The van der Waals surface area contributed by atoms with Crippen molar-refractivity contribution in [3.8, 4) is 33.5 Å². The zero-order chi connectivity index (χ0) is 23.6. The molecule has 7 nitrogen and oxygen atoms in total. The third-order valence-electron chi connectivity index (χ3n) is 6.25. The number of anilines is 1. The van der Waals surface area contributed by atoms with Crippen LogP contribution in [-0.2, 0) is 4.74 Å². The number of nitrogens with one attached hydrogen (secondary N) is 1. The second-order valence-electron chi connectivity index (χ2n) is 8.44. The minimum Gasteiger partial charge on any atom is -0.383 e. The van der Waals surface area contributed by atoms with Gasteiger partial charge in [0.2, 0.25) is 0 Å². The maximum Gasteiger partial charge on any atom is 0.165 e. The molecule has 7 heteroatoms. The van der Waals surface area contributed by atoms with Crippen LogP contribution in [-0.4, -0.2) is 39.6 Å². The topological polar surface area (TPSA) is 98.8 Å². The Morgan fingerprint density at radius 1 is 0.800 bits per heavy atom. The van der Waals surface area contributed by atoms with Gasteiger partial charge in [-0.25, -0.2) is 15.0 Å². The normalized spacial score (nSPS) is 15.8. The van der Waals surface area contributed by atoms with Crippen LogP contribution >= 0.6 is 0 Å². The minimum atomic E-state index is -0.0524. The molecule has 4 heterocycles. The van der Waals surface area contributed by atoms with E-state index < -0.39 is 0 Å². The van der Waals surface area contributed by atoms with E-state index in [0.29, 0.717) is 18.1 Å². The van der Waals surface area contributed by atoms with Crippen molar-refractivity contribution in [1.29, 1.82) is 0 Å². The van der Waals surface area contributed by atoms with E-state index >= 15 is 0 Å². The number of nitrogens with two attached hydrogens (primary N) is 1. The summed E-state index contributed by atoms with van der Waals surface area (Å²) in [4.78, 5) is 18.5. The molecule has 6 rings (SSSR count). The highest BCUT2D eigenvalue weighted by Crippen LogP contribution is 2.43. The molecule has 35 heavy (non-hydrogen) atoms. The van der Waals surface area contributed by atoms with Gasteiger partial charge in [-0.2, -0.15) is 0 Å². The van der Waals surface area contributed by atoms with Crippen LogP contribution in [0.2, 0.25) is 0 Å². The molecule has 3 N–H and O–H groups in total. The second-order valence-corrected chi connectivity index (χ2v) is 8.44.